The molecule has 0 unspecified atom stereocenters. The number of ether oxygens (including phenoxy) is 1. The van der Waals surface area contributed by atoms with Crippen molar-refractivity contribution in [1.29, 1.82) is 0 Å². The lowest BCUT2D eigenvalue weighted by Crippen LogP contribution is -2.20. The van der Waals surface area contributed by atoms with Crippen LogP contribution in [-0.2, 0) is 9.53 Å². The number of aromatic nitrogens is 2. The summed E-state index contributed by atoms with van der Waals surface area (Å²) in [6, 6.07) is 1.08. The van der Waals surface area contributed by atoms with Crippen LogP contribution in [0.3, 0.4) is 0 Å². The average Bonchev–Trinajstić information content (AvgIpc) is 2.71. The van der Waals surface area contributed by atoms with Crippen molar-refractivity contribution in [2.45, 2.75) is 12.6 Å². The van der Waals surface area contributed by atoms with Gasteiger partial charge in [-0.05, 0) is 0 Å². The van der Waals surface area contributed by atoms with E-state index in [0.29, 0.717) is 0 Å². The molecule has 0 aliphatic rings. The fraction of sp³-hybridized carbons (Fsp3) is 0.444. The number of nitrogens with zero attached hydrogens (tertiary/aromatic N) is 1. The maximum Gasteiger partial charge on any atom is 0.411 e. The van der Waals surface area contributed by atoms with E-state index in [0.717, 1.165) is 6.07 Å². The monoisotopic (exact) mass is 281 g/mol. The van der Waals surface area contributed by atoms with E-state index >= 15 is 0 Å². The largest absolute Gasteiger partial charge is 0.477 e. The first-order valence-electron chi connectivity index (χ1n) is 5.01. The molecule has 0 atom stereocenters. The van der Waals surface area contributed by atoms with Crippen molar-refractivity contribution in [1.82, 2.24) is 10.2 Å². The molecular weight excluding hydrogens is 271 g/mol. The van der Waals surface area contributed by atoms with E-state index in [1.54, 1.807) is 0 Å². The molecule has 106 valence electrons. The Labute approximate surface area is 104 Å². The van der Waals surface area contributed by atoms with Gasteiger partial charge in [0.05, 0.1) is 13.0 Å². The number of anilines is 1. The molecule has 0 radical (unpaired) electrons. The molecule has 0 fully saturated rings. The molecule has 3 N–H and O–H groups in total. The number of rotatable bonds is 6. The molecule has 19 heavy (non-hydrogen) atoms. The zero-order valence-corrected chi connectivity index (χ0v) is 9.45. The number of carbonyl (C=O) groups excluding carboxylic acids is 1. The zero-order valence-electron chi connectivity index (χ0n) is 9.45. The number of halogens is 3. The second kappa shape index (κ2) is 6.18. The summed E-state index contributed by atoms with van der Waals surface area (Å²) in [5, 5.41) is 16.4. The van der Waals surface area contributed by atoms with Crippen molar-refractivity contribution in [3.63, 3.8) is 0 Å². The molecule has 0 saturated heterocycles. The van der Waals surface area contributed by atoms with Crippen molar-refractivity contribution >= 4 is 17.7 Å². The van der Waals surface area contributed by atoms with Crippen LogP contribution in [0, 0.1) is 0 Å². The predicted octanol–water partition coefficient (Wildman–Crippen LogP) is 1.02. The van der Waals surface area contributed by atoms with Crippen molar-refractivity contribution in [2.75, 3.05) is 18.5 Å². The summed E-state index contributed by atoms with van der Waals surface area (Å²) < 4.78 is 39.4. The number of hydrogen-bond acceptors (Lipinski definition) is 4. The summed E-state index contributed by atoms with van der Waals surface area (Å²) in [6.07, 6.45) is -4.74. The fourth-order valence-electron chi connectivity index (χ4n) is 1.05. The number of hydrogen-bond donors (Lipinski definition) is 3. The lowest BCUT2D eigenvalue weighted by Gasteiger charge is -2.07. The quantitative estimate of drug-likeness (QED) is 0.675. The normalized spacial score (nSPS) is 11.3. The number of aromatic carboxylic acids is 1. The third kappa shape index (κ3) is 5.86. The van der Waals surface area contributed by atoms with Crippen molar-refractivity contribution in [3.05, 3.63) is 11.8 Å². The van der Waals surface area contributed by atoms with E-state index in [-0.39, 0.29) is 17.9 Å². The van der Waals surface area contributed by atoms with E-state index in [4.69, 9.17) is 5.11 Å². The summed E-state index contributed by atoms with van der Waals surface area (Å²) in [5.41, 5.74) is -0.219. The topological polar surface area (TPSA) is 104 Å². The minimum atomic E-state index is -4.44. The Hall–Kier alpha value is -2.10. The minimum absolute atomic E-state index is 0.0294. The molecule has 7 nitrogen and oxygen atoms in total. The van der Waals surface area contributed by atoms with Crippen LogP contribution in [0.5, 0.6) is 0 Å². The third-order valence-electron chi connectivity index (χ3n) is 1.81. The highest BCUT2D eigenvalue weighted by atomic mass is 19.4. The maximum atomic E-state index is 11.7. The molecule has 1 amide bonds. The fourth-order valence-corrected chi connectivity index (χ4v) is 1.05. The van der Waals surface area contributed by atoms with Crippen LogP contribution in [-0.4, -0.2) is 46.6 Å². The molecule has 0 saturated carbocycles. The molecule has 0 aliphatic heterocycles. The van der Waals surface area contributed by atoms with Gasteiger partial charge >= 0.3 is 12.1 Å². The summed E-state index contributed by atoms with van der Waals surface area (Å²) >= 11 is 0. The highest BCUT2D eigenvalue weighted by Gasteiger charge is 2.27. The summed E-state index contributed by atoms with van der Waals surface area (Å²) in [7, 11) is 0. The van der Waals surface area contributed by atoms with E-state index < -0.39 is 31.3 Å². The second-order valence-electron chi connectivity index (χ2n) is 3.44. The summed E-state index contributed by atoms with van der Waals surface area (Å²) in [4.78, 5) is 21.7. The molecule has 0 aliphatic carbocycles. The summed E-state index contributed by atoms with van der Waals surface area (Å²) in [5.74, 6) is -1.91. The number of carboxylic acids is 1. The number of nitrogens with one attached hydrogen (secondary N) is 2. The Kier molecular flexibility index (Phi) is 4.87. The number of amides is 1. The number of carbonyl (C=O) groups is 2. The maximum absolute atomic E-state index is 11.7. The number of H-pyrrole nitrogens is 1. The van der Waals surface area contributed by atoms with Crippen molar-refractivity contribution in [3.8, 4) is 0 Å². The van der Waals surface area contributed by atoms with E-state index in [1.165, 1.54) is 0 Å². The van der Waals surface area contributed by atoms with Crippen LogP contribution in [0.25, 0.3) is 0 Å². The molecule has 1 aromatic rings. The van der Waals surface area contributed by atoms with Gasteiger partial charge in [-0.3, -0.25) is 9.89 Å². The Morgan fingerprint density at radius 2 is 2.16 bits per heavy atom. The van der Waals surface area contributed by atoms with Gasteiger partial charge in [0.2, 0.25) is 5.91 Å². The van der Waals surface area contributed by atoms with Gasteiger partial charge in [0, 0.05) is 6.07 Å². The molecule has 10 heteroatoms. The molecule has 0 aromatic carbocycles. The minimum Gasteiger partial charge on any atom is -0.477 e. The second-order valence-corrected chi connectivity index (χ2v) is 3.44. The van der Waals surface area contributed by atoms with Gasteiger partial charge < -0.3 is 15.2 Å². The van der Waals surface area contributed by atoms with Gasteiger partial charge in [0.25, 0.3) is 0 Å². The van der Waals surface area contributed by atoms with Crippen LogP contribution in [0.4, 0.5) is 19.0 Å². The molecule has 0 spiro atoms. The third-order valence-corrected chi connectivity index (χ3v) is 1.81. The number of aromatic amines is 1. The SMILES string of the molecule is O=C(CCOCC(F)(F)F)Nc1cc(C(=O)O)[nH]n1. The highest BCUT2D eigenvalue weighted by Crippen LogP contribution is 2.14. The van der Waals surface area contributed by atoms with E-state index in [2.05, 4.69) is 20.3 Å². The Balaban J connectivity index is 2.29. The van der Waals surface area contributed by atoms with Gasteiger partial charge in [-0.1, -0.05) is 0 Å². The summed E-state index contributed by atoms with van der Waals surface area (Å²) in [6.45, 7) is -1.83. The van der Waals surface area contributed by atoms with Crippen molar-refractivity contribution < 1.29 is 32.6 Å². The first-order chi connectivity index (χ1) is 8.78. The van der Waals surface area contributed by atoms with Gasteiger partial charge in [0.15, 0.2) is 5.82 Å². The van der Waals surface area contributed by atoms with Crippen LogP contribution < -0.4 is 5.32 Å². The Morgan fingerprint density at radius 1 is 1.47 bits per heavy atom. The van der Waals surface area contributed by atoms with Gasteiger partial charge in [-0.2, -0.15) is 18.3 Å². The van der Waals surface area contributed by atoms with E-state index in [1.807, 2.05) is 0 Å². The van der Waals surface area contributed by atoms with Crippen LogP contribution in [0.1, 0.15) is 16.9 Å². The molecule has 0 bridgehead atoms. The van der Waals surface area contributed by atoms with Crippen molar-refractivity contribution in [2.24, 2.45) is 0 Å². The smallest absolute Gasteiger partial charge is 0.411 e. The standard InChI is InChI=1S/C9H10F3N3O4/c10-9(11,12)4-19-2-1-7(16)13-6-3-5(8(17)18)14-15-6/h3H,1-2,4H2,(H,17,18)(H2,13,14,15,16). The molecule has 1 aromatic heterocycles. The first-order valence-corrected chi connectivity index (χ1v) is 5.01. The Bertz CT molecular complexity index is 458. The molecule has 1 heterocycles. The zero-order chi connectivity index (χ0) is 14.5. The number of alkyl halides is 3. The number of carboxylic acid groups (broad SMARTS) is 1. The highest BCUT2D eigenvalue weighted by molar-refractivity contribution is 5.92. The van der Waals surface area contributed by atoms with Gasteiger partial charge in [-0.15, -0.1) is 0 Å². The van der Waals surface area contributed by atoms with Crippen LogP contribution in [0.15, 0.2) is 6.07 Å². The molecule has 1 rings (SSSR count). The van der Waals surface area contributed by atoms with Crippen LogP contribution >= 0.6 is 0 Å². The first kappa shape index (κ1) is 15.0. The molecular formula is C9H10F3N3O4. The van der Waals surface area contributed by atoms with Gasteiger partial charge in [0.1, 0.15) is 12.3 Å². The lowest BCUT2D eigenvalue weighted by molar-refractivity contribution is -0.174. The lowest BCUT2D eigenvalue weighted by atomic mass is 10.4. The van der Waals surface area contributed by atoms with E-state index in [9.17, 15) is 22.8 Å². The Morgan fingerprint density at radius 3 is 2.68 bits per heavy atom. The predicted molar refractivity (Wildman–Crippen MR) is 55.7 cm³/mol. The van der Waals surface area contributed by atoms with Gasteiger partial charge in [-0.25, -0.2) is 4.79 Å². The average molecular weight is 281 g/mol. The van der Waals surface area contributed by atoms with Crippen LogP contribution in [0.2, 0.25) is 0 Å².